The lowest BCUT2D eigenvalue weighted by molar-refractivity contribution is 0.0601. The summed E-state index contributed by atoms with van der Waals surface area (Å²) < 4.78 is 4.82. The number of benzene rings is 2. The number of fused-ring (bicyclic) bond motifs is 1. The Bertz CT molecular complexity index is 1520. The SMILES string of the molecule is COC(=O)c1ccc2c(C(=Nc3ccc(N(C)C(=O)N4CCN(C)CC4)nc3)c3ccccc3)c(O)[nH]c2c1. The average molecular weight is 527 g/mol. The number of esters is 1. The van der Waals surface area contributed by atoms with Crippen LogP contribution in [0, 0.1) is 0 Å². The molecule has 0 saturated carbocycles. The number of aromatic amines is 1. The number of nitrogens with one attached hydrogen (secondary N) is 1. The molecule has 0 radical (unpaired) electrons. The maximum absolute atomic E-state index is 13.0. The van der Waals surface area contributed by atoms with Gasteiger partial charge in [0.05, 0.1) is 35.8 Å². The standard InChI is InChI=1S/C29H30N6O4/c1-33-13-15-35(16-14-33)29(38)34(2)24-12-10-21(18-30-24)31-26(19-7-5-4-6-8-19)25-22-11-9-20(28(37)39-3)17-23(22)32-27(25)36/h4-12,17-18,32,36H,13-16H2,1-3H3. The monoisotopic (exact) mass is 526 g/mol. The number of hydrogen-bond acceptors (Lipinski definition) is 7. The topological polar surface area (TPSA) is 114 Å². The lowest BCUT2D eigenvalue weighted by Crippen LogP contribution is -2.51. The van der Waals surface area contributed by atoms with Gasteiger partial charge in [-0.05, 0) is 31.3 Å². The van der Waals surface area contributed by atoms with Crippen molar-refractivity contribution >= 4 is 40.1 Å². The Hall–Kier alpha value is -4.70. The number of amides is 2. The van der Waals surface area contributed by atoms with Crippen LogP contribution in [0.1, 0.15) is 21.5 Å². The predicted octanol–water partition coefficient (Wildman–Crippen LogP) is 4.03. The summed E-state index contributed by atoms with van der Waals surface area (Å²) in [6, 6.07) is 18.0. The van der Waals surface area contributed by atoms with Gasteiger partial charge in [0.25, 0.3) is 0 Å². The fourth-order valence-corrected chi connectivity index (χ4v) is 4.61. The van der Waals surface area contributed by atoms with E-state index in [1.807, 2.05) is 42.3 Å². The van der Waals surface area contributed by atoms with Crippen molar-refractivity contribution in [1.29, 1.82) is 0 Å². The maximum atomic E-state index is 13.0. The number of methoxy groups -OCH3 is 1. The number of aromatic hydroxyl groups is 1. The Labute approximate surface area is 226 Å². The molecule has 39 heavy (non-hydrogen) atoms. The molecule has 0 unspecified atom stereocenters. The van der Waals surface area contributed by atoms with Crippen molar-refractivity contribution in [2.45, 2.75) is 0 Å². The van der Waals surface area contributed by atoms with Crippen molar-refractivity contribution in [1.82, 2.24) is 19.8 Å². The second-order valence-electron chi connectivity index (χ2n) is 9.43. The largest absolute Gasteiger partial charge is 0.494 e. The zero-order chi connectivity index (χ0) is 27.5. The molecular weight excluding hydrogens is 496 g/mol. The van der Waals surface area contributed by atoms with Crippen LogP contribution >= 0.6 is 0 Å². The molecule has 0 aliphatic carbocycles. The lowest BCUT2D eigenvalue weighted by Gasteiger charge is -2.34. The average Bonchev–Trinajstić information content (AvgIpc) is 3.30. The number of urea groups is 1. The summed E-state index contributed by atoms with van der Waals surface area (Å²) in [5.41, 5.74) is 3.31. The highest BCUT2D eigenvalue weighted by atomic mass is 16.5. The molecular formula is C29H30N6O4. The Morgan fingerprint density at radius 1 is 1.03 bits per heavy atom. The van der Waals surface area contributed by atoms with Crippen LogP contribution in [0.15, 0.2) is 71.9 Å². The smallest absolute Gasteiger partial charge is 0.337 e. The third kappa shape index (κ3) is 5.32. The molecule has 200 valence electrons. The number of carbonyl (C=O) groups is 2. The van der Waals surface area contributed by atoms with E-state index < -0.39 is 5.97 Å². The highest BCUT2D eigenvalue weighted by Crippen LogP contribution is 2.32. The summed E-state index contributed by atoms with van der Waals surface area (Å²) in [7, 11) is 5.09. The van der Waals surface area contributed by atoms with Crippen LogP contribution in [0.5, 0.6) is 5.88 Å². The Morgan fingerprint density at radius 2 is 1.77 bits per heavy atom. The molecule has 5 rings (SSSR count). The first-order valence-electron chi connectivity index (χ1n) is 12.6. The van der Waals surface area contributed by atoms with Crippen molar-refractivity contribution in [2.75, 3.05) is 52.3 Å². The van der Waals surface area contributed by atoms with Gasteiger partial charge in [0.2, 0.25) is 0 Å². The molecule has 0 atom stereocenters. The predicted molar refractivity (Wildman–Crippen MR) is 150 cm³/mol. The van der Waals surface area contributed by atoms with Gasteiger partial charge in [0.1, 0.15) is 5.82 Å². The molecule has 4 aromatic rings. The number of pyridine rings is 1. The fraction of sp³-hybridized carbons (Fsp3) is 0.241. The normalized spacial score (nSPS) is 14.4. The molecule has 10 heteroatoms. The molecule has 0 bridgehead atoms. The van der Waals surface area contributed by atoms with Crippen molar-refractivity contribution in [3.8, 4) is 5.88 Å². The zero-order valence-electron chi connectivity index (χ0n) is 22.1. The summed E-state index contributed by atoms with van der Waals surface area (Å²) >= 11 is 0. The third-order valence-electron chi connectivity index (χ3n) is 6.86. The highest BCUT2D eigenvalue weighted by Gasteiger charge is 2.24. The van der Waals surface area contributed by atoms with Crippen molar-refractivity contribution < 1.29 is 19.4 Å². The molecule has 3 heterocycles. The van der Waals surface area contributed by atoms with Gasteiger partial charge >= 0.3 is 12.0 Å². The molecule has 2 N–H and O–H groups in total. The molecule has 1 fully saturated rings. The minimum absolute atomic E-state index is 0.0725. The van der Waals surface area contributed by atoms with Crippen LogP contribution in [-0.2, 0) is 4.74 Å². The van der Waals surface area contributed by atoms with Crippen molar-refractivity contribution in [3.05, 3.63) is 83.6 Å². The van der Waals surface area contributed by atoms with E-state index in [0.717, 1.165) is 18.7 Å². The van der Waals surface area contributed by atoms with Crippen LogP contribution in [-0.4, -0.2) is 90.0 Å². The fourth-order valence-electron chi connectivity index (χ4n) is 4.61. The maximum Gasteiger partial charge on any atom is 0.337 e. The van der Waals surface area contributed by atoms with Crippen molar-refractivity contribution in [3.63, 3.8) is 0 Å². The number of aliphatic imine (C=N–C) groups is 1. The van der Waals surface area contributed by atoms with Crippen LogP contribution in [0.4, 0.5) is 16.3 Å². The Balaban J connectivity index is 1.49. The van der Waals surface area contributed by atoms with E-state index in [0.29, 0.717) is 52.3 Å². The van der Waals surface area contributed by atoms with Crippen LogP contribution in [0.2, 0.25) is 0 Å². The third-order valence-corrected chi connectivity index (χ3v) is 6.86. The van der Waals surface area contributed by atoms with Crippen LogP contribution in [0.3, 0.4) is 0 Å². The molecule has 0 spiro atoms. The van der Waals surface area contributed by atoms with Gasteiger partial charge < -0.3 is 24.6 Å². The van der Waals surface area contributed by atoms with E-state index in [-0.39, 0.29) is 11.9 Å². The number of H-pyrrole nitrogens is 1. The molecule has 2 aromatic heterocycles. The molecule has 1 aliphatic rings. The second kappa shape index (κ2) is 11.0. The van der Waals surface area contributed by atoms with Gasteiger partial charge in [0.15, 0.2) is 5.88 Å². The van der Waals surface area contributed by atoms with Gasteiger partial charge in [-0.15, -0.1) is 0 Å². The molecule has 10 nitrogen and oxygen atoms in total. The number of nitrogens with zero attached hydrogens (tertiary/aromatic N) is 5. The highest BCUT2D eigenvalue weighted by molar-refractivity contribution is 6.22. The summed E-state index contributed by atoms with van der Waals surface area (Å²) in [5.74, 6) is -0.0205. The van der Waals surface area contributed by atoms with Gasteiger partial charge in [-0.1, -0.05) is 36.4 Å². The van der Waals surface area contributed by atoms with Crippen molar-refractivity contribution in [2.24, 2.45) is 4.99 Å². The van der Waals surface area contributed by atoms with Gasteiger partial charge in [0, 0.05) is 49.7 Å². The van der Waals surface area contributed by atoms with E-state index in [1.165, 1.54) is 7.11 Å². The summed E-state index contributed by atoms with van der Waals surface area (Å²) in [5, 5.41) is 11.6. The minimum atomic E-state index is -0.466. The van der Waals surface area contributed by atoms with E-state index in [4.69, 9.17) is 9.73 Å². The summed E-state index contributed by atoms with van der Waals surface area (Å²) in [6.45, 7) is 3.04. The first-order valence-corrected chi connectivity index (χ1v) is 12.6. The number of hydrogen-bond donors (Lipinski definition) is 2. The van der Waals surface area contributed by atoms with Gasteiger partial charge in [-0.25, -0.2) is 19.6 Å². The van der Waals surface area contributed by atoms with E-state index in [2.05, 4.69) is 14.9 Å². The van der Waals surface area contributed by atoms with Gasteiger partial charge in [-0.2, -0.15) is 0 Å². The number of likely N-dealkylation sites (N-methyl/N-ethyl adjacent to an activating group) is 1. The number of aromatic nitrogens is 2. The van der Waals surface area contributed by atoms with E-state index in [9.17, 15) is 14.7 Å². The number of carbonyl (C=O) groups excluding carboxylic acids is 2. The first-order chi connectivity index (χ1) is 18.9. The second-order valence-corrected chi connectivity index (χ2v) is 9.43. The molecule has 1 saturated heterocycles. The Morgan fingerprint density at radius 3 is 2.44 bits per heavy atom. The first kappa shape index (κ1) is 25.9. The summed E-state index contributed by atoms with van der Waals surface area (Å²) in [6.07, 6.45) is 1.60. The van der Waals surface area contributed by atoms with E-state index >= 15 is 0 Å². The molecule has 2 amide bonds. The number of piperazine rings is 1. The number of rotatable bonds is 5. The zero-order valence-corrected chi connectivity index (χ0v) is 22.1. The quantitative estimate of drug-likeness (QED) is 0.300. The minimum Gasteiger partial charge on any atom is -0.494 e. The summed E-state index contributed by atoms with van der Waals surface area (Å²) in [4.78, 5) is 42.9. The molecule has 2 aromatic carbocycles. The Kier molecular flexibility index (Phi) is 7.29. The van der Waals surface area contributed by atoms with Crippen LogP contribution < -0.4 is 4.90 Å². The number of ether oxygens (including phenoxy) is 1. The molecule has 1 aliphatic heterocycles. The van der Waals surface area contributed by atoms with Crippen LogP contribution in [0.25, 0.3) is 10.9 Å². The number of anilines is 1. The van der Waals surface area contributed by atoms with Gasteiger partial charge in [-0.3, -0.25) is 4.90 Å². The van der Waals surface area contributed by atoms with E-state index in [1.54, 1.807) is 48.5 Å². The lowest BCUT2D eigenvalue weighted by atomic mass is 10.00.